The number of hydrogen-bond acceptors (Lipinski definition) is 3. The molecule has 0 unspecified atom stereocenters. The fourth-order valence-electron chi connectivity index (χ4n) is 2.02. The van der Waals surface area contributed by atoms with Crippen molar-refractivity contribution >= 4 is 0 Å². The second kappa shape index (κ2) is 5.87. The molecule has 2 rings (SSSR count). The summed E-state index contributed by atoms with van der Waals surface area (Å²) in [6, 6.07) is 6.57. The molecule has 3 heteroatoms. The first-order valence-corrected chi connectivity index (χ1v) is 6.00. The quantitative estimate of drug-likeness (QED) is 0.580. The molecule has 1 aliphatic heterocycles. The maximum Gasteiger partial charge on any atom is 0.122 e. The van der Waals surface area contributed by atoms with E-state index in [0.717, 1.165) is 44.8 Å². The Bertz CT molecular complexity index is 339. The van der Waals surface area contributed by atoms with Crippen LogP contribution in [0.4, 0.5) is 0 Å². The van der Waals surface area contributed by atoms with Gasteiger partial charge in [-0.1, -0.05) is 12.1 Å². The van der Waals surface area contributed by atoms with Gasteiger partial charge in [-0.05, 0) is 43.5 Å². The number of rotatable bonds is 5. The van der Waals surface area contributed by atoms with Gasteiger partial charge in [0.2, 0.25) is 0 Å². The van der Waals surface area contributed by atoms with Gasteiger partial charge in [-0.15, -0.1) is 0 Å². The molecule has 0 spiro atoms. The van der Waals surface area contributed by atoms with Crippen molar-refractivity contribution in [2.75, 3.05) is 26.9 Å². The first-order valence-electron chi connectivity index (χ1n) is 6.00. The Balaban J connectivity index is 1.90. The highest BCUT2D eigenvalue weighted by Crippen LogP contribution is 2.25. The standard InChI is InChI=1S/C13H20N2O/c1-14-10-15-7-6-11-4-5-13-12(9-11)3-2-8-16-13/h4-5,9,14-15H,2-3,6-8,10H2,1H3. The molecule has 1 aromatic rings. The first kappa shape index (κ1) is 11.4. The third-order valence-corrected chi connectivity index (χ3v) is 2.87. The minimum Gasteiger partial charge on any atom is -0.493 e. The number of ether oxygens (including phenoxy) is 1. The first-order chi connectivity index (χ1) is 7.90. The fourth-order valence-corrected chi connectivity index (χ4v) is 2.02. The van der Waals surface area contributed by atoms with Crippen molar-refractivity contribution in [1.82, 2.24) is 10.6 Å². The number of hydrogen-bond donors (Lipinski definition) is 2. The Morgan fingerprint density at radius 1 is 1.38 bits per heavy atom. The van der Waals surface area contributed by atoms with Crippen LogP contribution < -0.4 is 15.4 Å². The minimum absolute atomic E-state index is 0.869. The summed E-state index contributed by atoms with van der Waals surface area (Å²) in [4.78, 5) is 0. The van der Waals surface area contributed by atoms with E-state index in [0.29, 0.717) is 0 Å². The molecule has 1 aliphatic rings. The molecule has 0 amide bonds. The van der Waals surface area contributed by atoms with E-state index in [9.17, 15) is 0 Å². The van der Waals surface area contributed by atoms with E-state index in [-0.39, 0.29) is 0 Å². The molecule has 0 saturated heterocycles. The zero-order valence-corrected chi connectivity index (χ0v) is 9.88. The molecule has 0 atom stereocenters. The summed E-state index contributed by atoms with van der Waals surface area (Å²) >= 11 is 0. The van der Waals surface area contributed by atoms with Crippen LogP contribution in [-0.2, 0) is 12.8 Å². The van der Waals surface area contributed by atoms with Crippen LogP contribution in [0.5, 0.6) is 5.75 Å². The lowest BCUT2D eigenvalue weighted by Gasteiger charge is -2.17. The van der Waals surface area contributed by atoms with E-state index in [1.54, 1.807) is 0 Å². The van der Waals surface area contributed by atoms with Crippen LogP contribution in [0.25, 0.3) is 0 Å². The Labute approximate surface area is 97.2 Å². The molecule has 88 valence electrons. The second-order valence-electron chi connectivity index (χ2n) is 4.17. The number of fused-ring (bicyclic) bond motifs is 1. The Morgan fingerprint density at radius 3 is 3.19 bits per heavy atom. The summed E-state index contributed by atoms with van der Waals surface area (Å²) in [7, 11) is 1.95. The van der Waals surface area contributed by atoms with Crippen molar-refractivity contribution in [3.63, 3.8) is 0 Å². The normalized spacial score (nSPS) is 14.3. The van der Waals surface area contributed by atoms with Gasteiger partial charge in [0, 0.05) is 13.2 Å². The van der Waals surface area contributed by atoms with E-state index in [4.69, 9.17) is 4.74 Å². The Kier molecular flexibility index (Phi) is 4.19. The predicted molar refractivity (Wildman–Crippen MR) is 65.9 cm³/mol. The minimum atomic E-state index is 0.869. The summed E-state index contributed by atoms with van der Waals surface area (Å²) in [6.07, 6.45) is 3.39. The lowest BCUT2D eigenvalue weighted by molar-refractivity contribution is 0.288. The third-order valence-electron chi connectivity index (χ3n) is 2.87. The van der Waals surface area contributed by atoms with Gasteiger partial charge in [-0.3, -0.25) is 0 Å². The molecule has 1 heterocycles. The van der Waals surface area contributed by atoms with Gasteiger partial charge in [0.05, 0.1) is 6.61 Å². The van der Waals surface area contributed by atoms with Crippen LogP contribution >= 0.6 is 0 Å². The molecule has 0 fully saturated rings. The highest BCUT2D eigenvalue weighted by Gasteiger charge is 2.09. The largest absolute Gasteiger partial charge is 0.493 e. The molecule has 3 nitrogen and oxygen atoms in total. The van der Waals surface area contributed by atoms with Crippen molar-refractivity contribution in [3.8, 4) is 5.75 Å². The molecule has 0 bridgehead atoms. The number of nitrogens with one attached hydrogen (secondary N) is 2. The van der Waals surface area contributed by atoms with Crippen LogP contribution in [0, 0.1) is 0 Å². The smallest absolute Gasteiger partial charge is 0.122 e. The SMILES string of the molecule is CNCNCCc1ccc2c(c1)CCCO2. The van der Waals surface area contributed by atoms with Gasteiger partial charge < -0.3 is 15.4 Å². The molecule has 0 saturated carbocycles. The van der Waals surface area contributed by atoms with E-state index < -0.39 is 0 Å². The average molecular weight is 220 g/mol. The van der Waals surface area contributed by atoms with E-state index >= 15 is 0 Å². The molecule has 0 aromatic heterocycles. The van der Waals surface area contributed by atoms with Crippen molar-refractivity contribution in [2.24, 2.45) is 0 Å². The molecule has 2 N–H and O–H groups in total. The van der Waals surface area contributed by atoms with Gasteiger partial charge in [-0.2, -0.15) is 0 Å². The lowest BCUT2D eigenvalue weighted by atomic mass is 10.0. The van der Waals surface area contributed by atoms with Crippen LogP contribution in [0.1, 0.15) is 17.5 Å². The fraction of sp³-hybridized carbons (Fsp3) is 0.538. The molecule has 0 aliphatic carbocycles. The topological polar surface area (TPSA) is 33.3 Å². The highest BCUT2D eigenvalue weighted by molar-refractivity contribution is 5.38. The third kappa shape index (κ3) is 2.97. The van der Waals surface area contributed by atoms with Crippen LogP contribution in [-0.4, -0.2) is 26.9 Å². The predicted octanol–water partition coefficient (Wildman–Crippen LogP) is 1.32. The molecular weight excluding hydrogens is 200 g/mol. The lowest BCUT2D eigenvalue weighted by Crippen LogP contribution is -2.27. The highest BCUT2D eigenvalue weighted by atomic mass is 16.5. The molecule has 0 radical (unpaired) electrons. The number of benzene rings is 1. The Morgan fingerprint density at radius 2 is 2.31 bits per heavy atom. The van der Waals surface area contributed by atoms with Crippen molar-refractivity contribution in [2.45, 2.75) is 19.3 Å². The summed E-state index contributed by atoms with van der Waals surface area (Å²) in [6.45, 7) is 2.75. The summed E-state index contributed by atoms with van der Waals surface area (Å²) in [5, 5.41) is 6.39. The van der Waals surface area contributed by atoms with Gasteiger partial charge >= 0.3 is 0 Å². The zero-order chi connectivity index (χ0) is 11.2. The van der Waals surface area contributed by atoms with Crippen LogP contribution in [0.3, 0.4) is 0 Å². The Hall–Kier alpha value is -1.06. The molecule has 1 aromatic carbocycles. The van der Waals surface area contributed by atoms with Gasteiger partial charge in [0.15, 0.2) is 0 Å². The molecule has 16 heavy (non-hydrogen) atoms. The van der Waals surface area contributed by atoms with Crippen molar-refractivity contribution < 1.29 is 4.74 Å². The van der Waals surface area contributed by atoms with Gasteiger partial charge in [0.1, 0.15) is 5.75 Å². The monoisotopic (exact) mass is 220 g/mol. The van der Waals surface area contributed by atoms with Gasteiger partial charge in [-0.25, -0.2) is 0 Å². The summed E-state index contributed by atoms with van der Waals surface area (Å²) in [5.74, 6) is 1.08. The van der Waals surface area contributed by atoms with Crippen LogP contribution in [0.15, 0.2) is 18.2 Å². The molecular formula is C13H20N2O. The summed E-state index contributed by atoms with van der Waals surface area (Å²) < 4.78 is 5.60. The zero-order valence-electron chi connectivity index (χ0n) is 9.88. The maximum absolute atomic E-state index is 5.60. The van der Waals surface area contributed by atoms with E-state index in [1.807, 2.05) is 7.05 Å². The van der Waals surface area contributed by atoms with Crippen molar-refractivity contribution in [1.29, 1.82) is 0 Å². The van der Waals surface area contributed by atoms with Crippen LogP contribution in [0.2, 0.25) is 0 Å². The van der Waals surface area contributed by atoms with E-state index in [2.05, 4.69) is 28.8 Å². The summed E-state index contributed by atoms with van der Waals surface area (Å²) in [5.41, 5.74) is 2.77. The maximum atomic E-state index is 5.60. The van der Waals surface area contributed by atoms with E-state index in [1.165, 1.54) is 11.1 Å². The van der Waals surface area contributed by atoms with Gasteiger partial charge in [0.25, 0.3) is 0 Å². The van der Waals surface area contributed by atoms with Crippen molar-refractivity contribution in [3.05, 3.63) is 29.3 Å². The second-order valence-corrected chi connectivity index (χ2v) is 4.17. The average Bonchev–Trinajstić information content (AvgIpc) is 2.34. The number of aryl methyl sites for hydroxylation is 1.